The largest absolute Gasteiger partial charge is 0.321 e. The highest BCUT2D eigenvalue weighted by Crippen LogP contribution is 2.25. The summed E-state index contributed by atoms with van der Waals surface area (Å²) in [5.41, 5.74) is 8.54. The normalized spacial score (nSPS) is 13.8. The van der Waals surface area contributed by atoms with Crippen LogP contribution in [0.1, 0.15) is 52.0 Å². The number of nitrogens with two attached hydrogens (primary N) is 1. The Hall–Kier alpha value is -1.68. The maximum Gasteiger partial charge on any atom is 0.181 e. The molecular formula is C16H24N4. The number of aromatic amines is 1. The summed E-state index contributed by atoms with van der Waals surface area (Å²) >= 11 is 0. The van der Waals surface area contributed by atoms with Crippen molar-refractivity contribution in [2.75, 3.05) is 0 Å². The summed E-state index contributed by atoms with van der Waals surface area (Å²) in [7, 11) is 0. The van der Waals surface area contributed by atoms with Gasteiger partial charge in [-0.2, -0.15) is 5.10 Å². The van der Waals surface area contributed by atoms with Crippen LogP contribution in [0.15, 0.2) is 24.3 Å². The van der Waals surface area contributed by atoms with Gasteiger partial charge in [0.2, 0.25) is 0 Å². The molecule has 0 aliphatic heterocycles. The zero-order chi connectivity index (χ0) is 14.9. The minimum absolute atomic E-state index is 0.106. The fourth-order valence-corrected chi connectivity index (χ4v) is 1.99. The van der Waals surface area contributed by atoms with Crippen molar-refractivity contribution >= 4 is 0 Å². The summed E-state index contributed by atoms with van der Waals surface area (Å²) in [5.74, 6) is 1.78. The molecule has 1 heterocycles. The van der Waals surface area contributed by atoms with Crippen LogP contribution in [0.4, 0.5) is 0 Å². The number of nitrogens with one attached hydrogen (secondary N) is 1. The molecule has 4 heteroatoms. The Morgan fingerprint density at radius 2 is 1.70 bits per heavy atom. The molecule has 0 aliphatic carbocycles. The van der Waals surface area contributed by atoms with Gasteiger partial charge in [-0.25, -0.2) is 4.98 Å². The van der Waals surface area contributed by atoms with Gasteiger partial charge in [-0.05, 0) is 16.9 Å². The van der Waals surface area contributed by atoms with Gasteiger partial charge >= 0.3 is 0 Å². The Balaban J connectivity index is 2.25. The van der Waals surface area contributed by atoms with E-state index < -0.39 is 0 Å². The van der Waals surface area contributed by atoms with Crippen molar-refractivity contribution in [1.82, 2.24) is 15.2 Å². The number of aromatic nitrogens is 3. The maximum atomic E-state index is 6.08. The van der Waals surface area contributed by atoms with Crippen LogP contribution in [0.25, 0.3) is 11.4 Å². The molecular weight excluding hydrogens is 248 g/mol. The lowest BCUT2D eigenvalue weighted by atomic mass is 9.87. The molecule has 108 valence electrons. The van der Waals surface area contributed by atoms with Crippen molar-refractivity contribution < 1.29 is 0 Å². The molecule has 1 unspecified atom stereocenters. The molecule has 0 amide bonds. The standard InChI is InChI=1S/C16H24N4/c1-10(2)13(17)15-18-14(19-20-15)11-6-8-12(9-7-11)16(3,4)5/h6-10,13H,17H2,1-5H3,(H,18,19,20). The van der Waals surface area contributed by atoms with Crippen molar-refractivity contribution in [3.8, 4) is 11.4 Å². The van der Waals surface area contributed by atoms with Gasteiger partial charge in [0, 0.05) is 5.56 Å². The first-order chi connectivity index (χ1) is 9.29. The summed E-state index contributed by atoms with van der Waals surface area (Å²) in [6.07, 6.45) is 0. The van der Waals surface area contributed by atoms with Gasteiger partial charge in [0.25, 0.3) is 0 Å². The third-order valence-corrected chi connectivity index (χ3v) is 3.55. The van der Waals surface area contributed by atoms with Crippen LogP contribution >= 0.6 is 0 Å². The lowest BCUT2D eigenvalue weighted by Crippen LogP contribution is -2.18. The highest BCUT2D eigenvalue weighted by molar-refractivity contribution is 5.55. The third-order valence-electron chi connectivity index (χ3n) is 3.55. The van der Waals surface area contributed by atoms with E-state index >= 15 is 0 Å². The number of rotatable bonds is 3. The summed E-state index contributed by atoms with van der Waals surface area (Å²) in [5, 5.41) is 7.21. The molecule has 1 aromatic carbocycles. The van der Waals surface area contributed by atoms with E-state index in [9.17, 15) is 0 Å². The van der Waals surface area contributed by atoms with Gasteiger partial charge < -0.3 is 5.73 Å². The summed E-state index contributed by atoms with van der Waals surface area (Å²) in [6, 6.07) is 8.29. The minimum Gasteiger partial charge on any atom is -0.321 e. The second-order valence-electron chi connectivity index (χ2n) is 6.64. The first-order valence-corrected chi connectivity index (χ1v) is 7.08. The SMILES string of the molecule is CC(C)C(N)c1nc(-c2ccc(C(C)(C)C)cc2)n[nH]1. The predicted octanol–water partition coefficient (Wildman–Crippen LogP) is 3.43. The van der Waals surface area contributed by atoms with Gasteiger partial charge in [0.05, 0.1) is 6.04 Å². The monoisotopic (exact) mass is 272 g/mol. The van der Waals surface area contributed by atoms with Gasteiger partial charge in [0.15, 0.2) is 5.82 Å². The number of nitrogens with zero attached hydrogens (tertiary/aromatic N) is 2. The fourth-order valence-electron chi connectivity index (χ4n) is 1.99. The van der Waals surface area contributed by atoms with Crippen LogP contribution < -0.4 is 5.73 Å². The van der Waals surface area contributed by atoms with Crippen LogP contribution in [-0.2, 0) is 5.41 Å². The molecule has 1 aromatic heterocycles. The van der Waals surface area contributed by atoms with E-state index in [1.165, 1.54) is 5.56 Å². The Kier molecular flexibility index (Phi) is 3.95. The summed E-state index contributed by atoms with van der Waals surface area (Å²) < 4.78 is 0. The molecule has 0 aliphatic rings. The van der Waals surface area contributed by atoms with Gasteiger partial charge in [-0.3, -0.25) is 5.10 Å². The van der Waals surface area contributed by atoms with E-state index in [2.05, 4.69) is 74.1 Å². The third kappa shape index (κ3) is 3.07. The Bertz CT molecular complexity index is 561. The minimum atomic E-state index is -0.106. The molecule has 0 spiro atoms. The van der Waals surface area contributed by atoms with E-state index in [0.717, 1.165) is 11.4 Å². The lowest BCUT2D eigenvalue weighted by Gasteiger charge is -2.18. The number of H-pyrrole nitrogens is 1. The van der Waals surface area contributed by atoms with Crippen molar-refractivity contribution in [2.45, 2.75) is 46.1 Å². The molecule has 3 N–H and O–H groups in total. The van der Waals surface area contributed by atoms with Crippen LogP contribution in [0.5, 0.6) is 0 Å². The number of hydrogen-bond donors (Lipinski definition) is 2. The predicted molar refractivity (Wildman–Crippen MR) is 82.3 cm³/mol. The van der Waals surface area contributed by atoms with Crippen LogP contribution in [-0.4, -0.2) is 15.2 Å². The fraction of sp³-hybridized carbons (Fsp3) is 0.500. The number of benzene rings is 1. The quantitative estimate of drug-likeness (QED) is 0.899. The Morgan fingerprint density at radius 1 is 1.10 bits per heavy atom. The van der Waals surface area contributed by atoms with Crippen molar-refractivity contribution in [3.63, 3.8) is 0 Å². The lowest BCUT2D eigenvalue weighted by molar-refractivity contribution is 0.492. The first-order valence-electron chi connectivity index (χ1n) is 7.08. The average molecular weight is 272 g/mol. The van der Waals surface area contributed by atoms with E-state index in [4.69, 9.17) is 5.73 Å². The van der Waals surface area contributed by atoms with E-state index in [1.54, 1.807) is 0 Å². The average Bonchev–Trinajstić information content (AvgIpc) is 2.86. The molecule has 0 saturated carbocycles. The van der Waals surface area contributed by atoms with E-state index in [1.807, 2.05) is 0 Å². The molecule has 1 atom stereocenters. The van der Waals surface area contributed by atoms with Crippen molar-refractivity contribution in [2.24, 2.45) is 11.7 Å². The summed E-state index contributed by atoms with van der Waals surface area (Å²) in [4.78, 5) is 4.50. The van der Waals surface area contributed by atoms with Crippen LogP contribution in [0, 0.1) is 5.92 Å². The molecule has 2 aromatic rings. The molecule has 0 fully saturated rings. The van der Waals surface area contributed by atoms with Crippen molar-refractivity contribution in [3.05, 3.63) is 35.7 Å². The highest BCUT2D eigenvalue weighted by Gasteiger charge is 2.17. The molecule has 0 radical (unpaired) electrons. The smallest absolute Gasteiger partial charge is 0.181 e. The van der Waals surface area contributed by atoms with Crippen LogP contribution in [0.3, 0.4) is 0 Å². The van der Waals surface area contributed by atoms with Gasteiger partial charge in [0.1, 0.15) is 5.82 Å². The molecule has 2 rings (SSSR count). The maximum absolute atomic E-state index is 6.08. The van der Waals surface area contributed by atoms with E-state index in [-0.39, 0.29) is 11.5 Å². The second-order valence-corrected chi connectivity index (χ2v) is 6.64. The number of hydrogen-bond acceptors (Lipinski definition) is 3. The van der Waals surface area contributed by atoms with Crippen LogP contribution in [0.2, 0.25) is 0 Å². The summed E-state index contributed by atoms with van der Waals surface area (Å²) in [6.45, 7) is 10.8. The van der Waals surface area contributed by atoms with Gasteiger partial charge in [-0.1, -0.05) is 58.9 Å². The van der Waals surface area contributed by atoms with Crippen molar-refractivity contribution in [1.29, 1.82) is 0 Å². The topological polar surface area (TPSA) is 67.6 Å². The Morgan fingerprint density at radius 3 is 2.20 bits per heavy atom. The Labute approximate surface area is 120 Å². The van der Waals surface area contributed by atoms with Gasteiger partial charge in [-0.15, -0.1) is 0 Å². The molecule has 0 saturated heterocycles. The zero-order valence-electron chi connectivity index (χ0n) is 12.9. The molecule has 0 bridgehead atoms. The zero-order valence-corrected chi connectivity index (χ0v) is 12.9. The highest BCUT2D eigenvalue weighted by atomic mass is 15.2. The second kappa shape index (κ2) is 5.37. The first kappa shape index (κ1) is 14.7. The molecule has 20 heavy (non-hydrogen) atoms. The van der Waals surface area contributed by atoms with E-state index in [0.29, 0.717) is 11.7 Å². The molecule has 4 nitrogen and oxygen atoms in total.